The van der Waals surface area contributed by atoms with Crippen molar-refractivity contribution in [3.05, 3.63) is 193 Å². The lowest BCUT2D eigenvalue weighted by Crippen LogP contribution is -1.96. The van der Waals surface area contributed by atoms with Gasteiger partial charge in [-0.15, -0.1) is 0 Å². The Kier molecular flexibility index (Phi) is 7.83. The van der Waals surface area contributed by atoms with Gasteiger partial charge >= 0.3 is 0 Å². The van der Waals surface area contributed by atoms with Crippen molar-refractivity contribution in [1.29, 1.82) is 0 Å². The van der Waals surface area contributed by atoms with Crippen molar-refractivity contribution in [1.82, 2.24) is 0 Å². The molecule has 0 radical (unpaired) electrons. The zero-order valence-corrected chi connectivity index (χ0v) is 33.6. The van der Waals surface area contributed by atoms with Crippen molar-refractivity contribution in [2.24, 2.45) is 0 Å². The molecule has 0 aliphatic carbocycles. The first-order chi connectivity index (χ1) is 29.7. The van der Waals surface area contributed by atoms with E-state index in [1.807, 2.05) is 12.1 Å². The largest absolute Gasteiger partial charge is 0.455 e. The lowest BCUT2D eigenvalue weighted by atomic mass is 9.84. The maximum absolute atomic E-state index is 6.67. The van der Waals surface area contributed by atoms with E-state index in [9.17, 15) is 0 Å². The number of rotatable bonds is 6. The minimum Gasteiger partial charge on any atom is -0.455 e. The summed E-state index contributed by atoms with van der Waals surface area (Å²) in [6.45, 7) is 4.54. The molecule has 0 amide bonds. The first-order valence-corrected chi connectivity index (χ1v) is 21.1. The number of benzene rings is 10. The van der Waals surface area contributed by atoms with E-state index >= 15 is 0 Å². The number of fused-ring (bicyclic) bond motifs is 9. The summed E-state index contributed by atoms with van der Waals surface area (Å²) in [5, 5.41) is 12.0. The number of furan rings is 2. The van der Waals surface area contributed by atoms with E-state index in [-0.39, 0.29) is 0 Å². The van der Waals surface area contributed by atoms with Gasteiger partial charge in [-0.3, -0.25) is 0 Å². The summed E-state index contributed by atoms with van der Waals surface area (Å²) < 4.78 is 13.3. The fourth-order valence-corrected chi connectivity index (χ4v) is 10.0. The molecule has 0 aliphatic heterocycles. The van der Waals surface area contributed by atoms with Crippen molar-refractivity contribution in [3.63, 3.8) is 0 Å². The number of hydrogen-bond acceptors (Lipinski definition) is 2. The molecule has 2 nitrogen and oxygen atoms in total. The lowest BCUT2D eigenvalue weighted by Gasteiger charge is -2.20. The van der Waals surface area contributed by atoms with E-state index in [1.165, 1.54) is 76.8 Å². The van der Waals surface area contributed by atoms with E-state index in [0.29, 0.717) is 0 Å². The van der Waals surface area contributed by atoms with Crippen molar-refractivity contribution in [2.75, 3.05) is 0 Å². The fraction of sp³-hybridized carbons (Fsp3) is 0.0690. The maximum Gasteiger partial charge on any atom is 0.147 e. The Morgan fingerprint density at radius 1 is 0.317 bits per heavy atom. The number of hydrogen-bond donors (Lipinski definition) is 0. The van der Waals surface area contributed by atoms with Crippen LogP contribution in [0.25, 0.3) is 121 Å². The lowest BCUT2D eigenvalue weighted by molar-refractivity contribution is 0.658. The molecule has 10 aromatic carbocycles. The Bertz CT molecular complexity index is 3540. The van der Waals surface area contributed by atoms with Gasteiger partial charge in [0.25, 0.3) is 0 Å². The predicted molar refractivity (Wildman–Crippen MR) is 254 cm³/mol. The molecule has 60 heavy (non-hydrogen) atoms. The summed E-state index contributed by atoms with van der Waals surface area (Å²) in [5.74, 6) is 0. The molecule has 2 heterocycles. The Hall–Kier alpha value is -7.42. The summed E-state index contributed by atoms with van der Waals surface area (Å²) in [7, 11) is 0. The van der Waals surface area contributed by atoms with Crippen LogP contribution in [0.1, 0.15) is 25.0 Å². The second-order valence-electron chi connectivity index (χ2n) is 16.1. The van der Waals surface area contributed by atoms with Gasteiger partial charge in [-0.2, -0.15) is 0 Å². The van der Waals surface area contributed by atoms with Gasteiger partial charge < -0.3 is 8.83 Å². The van der Waals surface area contributed by atoms with Gasteiger partial charge in [-0.05, 0) is 119 Å². The van der Waals surface area contributed by atoms with Gasteiger partial charge in [-0.25, -0.2) is 0 Å². The quantitative estimate of drug-likeness (QED) is 0.158. The highest BCUT2D eigenvalue weighted by Crippen LogP contribution is 2.47. The van der Waals surface area contributed by atoms with Crippen LogP contribution < -0.4 is 0 Å². The van der Waals surface area contributed by atoms with Gasteiger partial charge in [0, 0.05) is 21.5 Å². The van der Waals surface area contributed by atoms with E-state index in [0.717, 1.165) is 67.8 Å². The van der Waals surface area contributed by atoms with Crippen molar-refractivity contribution in [2.45, 2.75) is 26.7 Å². The van der Waals surface area contributed by atoms with Crippen LogP contribution in [0.4, 0.5) is 0 Å². The van der Waals surface area contributed by atoms with Gasteiger partial charge in [0.1, 0.15) is 22.3 Å². The minimum atomic E-state index is 0.863. The summed E-state index contributed by atoms with van der Waals surface area (Å²) in [5.41, 5.74) is 15.8. The second-order valence-corrected chi connectivity index (χ2v) is 16.1. The monoisotopic (exact) mass is 768 g/mol. The molecule has 0 fully saturated rings. The minimum absolute atomic E-state index is 0.863. The Morgan fingerprint density at radius 2 is 0.717 bits per heavy atom. The molecule has 0 spiro atoms. The van der Waals surface area contributed by atoms with Crippen LogP contribution in [-0.4, -0.2) is 0 Å². The molecule has 0 bridgehead atoms. The normalized spacial score (nSPS) is 12.0. The van der Waals surface area contributed by atoms with Crippen LogP contribution in [0, 0.1) is 0 Å². The molecule has 0 unspecified atom stereocenters. The number of para-hydroxylation sites is 2. The van der Waals surface area contributed by atoms with Gasteiger partial charge in [0.15, 0.2) is 0 Å². The zero-order chi connectivity index (χ0) is 39.9. The summed E-state index contributed by atoms with van der Waals surface area (Å²) in [6.07, 6.45) is 1.80. The van der Waals surface area contributed by atoms with E-state index in [4.69, 9.17) is 8.83 Å². The molecule has 0 saturated heterocycles. The molecular formula is C58H40O2. The van der Waals surface area contributed by atoms with Crippen LogP contribution in [0.2, 0.25) is 0 Å². The number of aryl methyl sites for hydroxylation is 2. The van der Waals surface area contributed by atoms with Crippen molar-refractivity contribution in [3.8, 4) is 44.5 Å². The Balaban J connectivity index is 1.03. The highest BCUT2D eigenvalue weighted by atomic mass is 16.3. The first kappa shape index (κ1) is 34.6. The van der Waals surface area contributed by atoms with Gasteiger partial charge in [0.05, 0.1) is 5.56 Å². The van der Waals surface area contributed by atoms with Crippen LogP contribution in [0.3, 0.4) is 0 Å². The van der Waals surface area contributed by atoms with Crippen LogP contribution in [0.15, 0.2) is 191 Å². The summed E-state index contributed by atoms with van der Waals surface area (Å²) in [6, 6.07) is 66.5. The van der Waals surface area contributed by atoms with Crippen molar-refractivity contribution < 1.29 is 8.83 Å². The third-order valence-corrected chi connectivity index (χ3v) is 12.8. The molecule has 0 N–H and O–H groups in total. The maximum atomic E-state index is 6.67. The van der Waals surface area contributed by atoms with Gasteiger partial charge in [0.2, 0.25) is 0 Å². The van der Waals surface area contributed by atoms with Gasteiger partial charge in [-0.1, -0.05) is 172 Å². The molecule has 2 aromatic heterocycles. The first-order valence-electron chi connectivity index (χ1n) is 21.1. The average Bonchev–Trinajstić information content (AvgIpc) is 3.87. The van der Waals surface area contributed by atoms with E-state index in [2.05, 4.69) is 184 Å². The molecule has 0 saturated carbocycles. The fourth-order valence-electron chi connectivity index (χ4n) is 10.0. The average molecular weight is 769 g/mol. The van der Waals surface area contributed by atoms with E-state index < -0.39 is 0 Å². The van der Waals surface area contributed by atoms with Crippen LogP contribution >= 0.6 is 0 Å². The molecule has 12 aromatic rings. The molecule has 284 valence electrons. The second kappa shape index (κ2) is 13.6. The summed E-state index contributed by atoms with van der Waals surface area (Å²) in [4.78, 5) is 0. The molecule has 12 rings (SSSR count). The third kappa shape index (κ3) is 5.20. The smallest absolute Gasteiger partial charge is 0.147 e. The summed E-state index contributed by atoms with van der Waals surface area (Å²) >= 11 is 0. The molecule has 0 atom stereocenters. The Labute approximate surface area is 347 Å². The van der Waals surface area contributed by atoms with Crippen LogP contribution in [-0.2, 0) is 12.8 Å². The van der Waals surface area contributed by atoms with E-state index in [1.54, 1.807) is 0 Å². The highest BCUT2D eigenvalue weighted by Gasteiger charge is 2.23. The molecule has 0 aliphatic rings. The standard InChI is InChI=1S/C58H40O2/c1-3-35-31-40(55-48-21-9-7-19-46(48)54(47-20-8-10-22-49(47)55)39-26-25-37-15-5-6-16-38(37)33-39)27-29-42(35)43-30-28-41(32-36(43)4-2)56-57-50(44-17-11-13-23-52(44)59-57)34-51-45-18-12-14-24-53(45)60-58(51)56/h5-34H,3-4H2,1-2H3. The highest BCUT2D eigenvalue weighted by molar-refractivity contribution is 6.23. The zero-order valence-electron chi connectivity index (χ0n) is 33.6. The molecule has 2 heteroatoms. The predicted octanol–water partition coefficient (Wildman–Crippen LogP) is 16.7. The Morgan fingerprint density at radius 3 is 1.22 bits per heavy atom. The topological polar surface area (TPSA) is 26.3 Å². The SMILES string of the molecule is CCc1cc(-c2c3ccccc3c(-c3ccc4ccccc4c3)c3ccccc23)ccc1-c1ccc(-c2c3oc4ccccc4c3cc3c2oc2ccccc23)cc1CC. The third-order valence-electron chi connectivity index (χ3n) is 12.8. The van der Waals surface area contributed by atoms with Crippen LogP contribution in [0.5, 0.6) is 0 Å². The van der Waals surface area contributed by atoms with Crippen molar-refractivity contribution >= 4 is 76.2 Å². The molecular weight excluding hydrogens is 729 g/mol.